The van der Waals surface area contributed by atoms with Crippen LogP contribution in [0.15, 0.2) is 82.2 Å². The van der Waals surface area contributed by atoms with Crippen molar-refractivity contribution in [2.24, 2.45) is 0 Å². The highest BCUT2D eigenvalue weighted by atomic mass is 32.2. The summed E-state index contributed by atoms with van der Waals surface area (Å²) in [6, 6.07) is 21.5. The molecule has 9 nitrogen and oxygen atoms in total. The second-order valence-corrected chi connectivity index (χ2v) is 11.8. The van der Waals surface area contributed by atoms with E-state index in [0.717, 1.165) is 11.1 Å². The van der Waals surface area contributed by atoms with Gasteiger partial charge in [0.2, 0.25) is 21.8 Å². The number of aromatic nitrogens is 2. The van der Waals surface area contributed by atoms with E-state index in [1.807, 2.05) is 56.3 Å². The number of anilines is 1. The van der Waals surface area contributed by atoms with Crippen LogP contribution in [-0.2, 0) is 27.7 Å². The minimum absolute atomic E-state index is 0.109. The Labute approximate surface area is 235 Å². The van der Waals surface area contributed by atoms with Crippen LogP contribution in [-0.4, -0.2) is 49.0 Å². The maximum Gasteiger partial charge on any atom is 0.243 e. The first-order chi connectivity index (χ1) is 19.2. The summed E-state index contributed by atoms with van der Waals surface area (Å²) in [7, 11) is -2.42. The highest BCUT2D eigenvalue weighted by Gasteiger charge is 2.27. The first kappa shape index (κ1) is 29.0. The molecule has 10 heteroatoms. The quantitative estimate of drug-likeness (QED) is 0.259. The second-order valence-electron chi connectivity index (χ2n) is 9.83. The number of hydrogen-bond acceptors (Lipinski definition) is 7. The molecule has 0 radical (unpaired) electrons. The Kier molecular flexibility index (Phi) is 9.34. The third kappa shape index (κ3) is 7.34. The molecule has 0 unspecified atom stereocenters. The van der Waals surface area contributed by atoms with Crippen molar-refractivity contribution < 1.29 is 22.5 Å². The molecule has 0 spiro atoms. The lowest BCUT2D eigenvalue weighted by Gasteiger charge is -2.22. The number of aryl methyl sites for hydroxylation is 1. The van der Waals surface area contributed by atoms with Gasteiger partial charge in [-0.1, -0.05) is 61.5 Å². The Morgan fingerprint density at radius 3 is 2.38 bits per heavy atom. The van der Waals surface area contributed by atoms with Crippen molar-refractivity contribution in [2.75, 3.05) is 25.5 Å². The number of nitrogens with zero attached hydrogens (tertiary/aromatic N) is 3. The molecule has 4 rings (SSSR count). The lowest BCUT2D eigenvalue weighted by Crippen LogP contribution is -2.39. The van der Waals surface area contributed by atoms with E-state index in [9.17, 15) is 13.2 Å². The number of benzene rings is 3. The molecule has 0 bridgehead atoms. The smallest absolute Gasteiger partial charge is 0.243 e. The third-order valence-corrected chi connectivity index (χ3v) is 8.24. The number of carbonyl (C=O) groups is 1. The minimum atomic E-state index is -3.96. The van der Waals surface area contributed by atoms with Gasteiger partial charge in [-0.15, -0.1) is 0 Å². The molecule has 0 aliphatic rings. The van der Waals surface area contributed by atoms with Crippen LogP contribution >= 0.6 is 0 Å². The summed E-state index contributed by atoms with van der Waals surface area (Å²) in [5.74, 6) is 1.50. The number of methoxy groups -OCH3 is 1. The van der Waals surface area contributed by atoms with Crippen LogP contribution in [0.5, 0.6) is 5.75 Å². The molecule has 40 heavy (non-hydrogen) atoms. The first-order valence-electron chi connectivity index (χ1n) is 13.1. The Bertz CT molecular complexity index is 1530. The molecule has 1 heterocycles. The minimum Gasteiger partial charge on any atom is -0.496 e. The van der Waals surface area contributed by atoms with Gasteiger partial charge in [-0.3, -0.25) is 4.79 Å². The van der Waals surface area contributed by atoms with Crippen LogP contribution in [0, 0.1) is 6.92 Å². The van der Waals surface area contributed by atoms with E-state index in [4.69, 9.17) is 9.26 Å². The lowest BCUT2D eigenvalue weighted by molar-refractivity contribution is -0.116. The zero-order valence-corrected chi connectivity index (χ0v) is 23.9. The number of ether oxygens (including phenoxy) is 1. The first-order valence-corrected chi connectivity index (χ1v) is 14.5. The Hall–Kier alpha value is -4.02. The van der Waals surface area contributed by atoms with E-state index in [0.29, 0.717) is 41.6 Å². The summed E-state index contributed by atoms with van der Waals surface area (Å²) in [4.78, 5) is 17.6. The van der Waals surface area contributed by atoms with Gasteiger partial charge < -0.3 is 14.6 Å². The summed E-state index contributed by atoms with van der Waals surface area (Å²) in [6.07, 6.45) is 0.961. The lowest BCUT2D eigenvalue weighted by atomic mass is 10.1. The number of rotatable bonds is 12. The van der Waals surface area contributed by atoms with Crippen molar-refractivity contribution in [3.63, 3.8) is 0 Å². The summed E-state index contributed by atoms with van der Waals surface area (Å²) in [6.45, 7) is 5.57. The fourth-order valence-electron chi connectivity index (χ4n) is 4.17. The molecule has 0 atom stereocenters. The molecule has 1 N–H and O–H groups in total. The molecular weight excluding hydrogens is 528 g/mol. The predicted molar refractivity (Wildman–Crippen MR) is 153 cm³/mol. The molecule has 0 aliphatic carbocycles. The van der Waals surface area contributed by atoms with Gasteiger partial charge in [0.15, 0.2) is 5.82 Å². The van der Waals surface area contributed by atoms with Crippen LogP contribution in [0.4, 0.5) is 5.69 Å². The van der Waals surface area contributed by atoms with Gasteiger partial charge in [0.25, 0.3) is 0 Å². The third-order valence-electron chi connectivity index (χ3n) is 6.39. The number of sulfonamides is 1. The zero-order valence-electron chi connectivity index (χ0n) is 23.1. The Morgan fingerprint density at radius 2 is 1.75 bits per heavy atom. The summed E-state index contributed by atoms with van der Waals surface area (Å²) in [5.41, 5.74) is 3.19. The number of amides is 1. The summed E-state index contributed by atoms with van der Waals surface area (Å²) < 4.78 is 39.0. The molecule has 1 amide bonds. The predicted octanol–water partition coefficient (Wildman–Crippen LogP) is 4.97. The highest BCUT2D eigenvalue weighted by molar-refractivity contribution is 7.89. The number of nitrogens with one attached hydrogen (secondary N) is 1. The number of hydrogen-bond donors (Lipinski definition) is 1. The van der Waals surface area contributed by atoms with Crippen molar-refractivity contribution in [3.8, 4) is 5.75 Å². The molecule has 1 aromatic heterocycles. The van der Waals surface area contributed by atoms with Crippen molar-refractivity contribution >= 4 is 21.6 Å². The molecule has 0 saturated heterocycles. The maximum atomic E-state index is 13.6. The largest absolute Gasteiger partial charge is 0.496 e. The maximum absolute atomic E-state index is 13.6. The van der Waals surface area contributed by atoms with E-state index in [1.165, 1.54) is 17.5 Å². The van der Waals surface area contributed by atoms with Gasteiger partial charge in [-0.05, 0) is 60.4 Å². The van der Waals surface area contributed by atoms with Gasteiger partial charge in [-0.2, -0.15) is 9.29 Å². The summed E-state index contributed by atoms with van der Waals surface area (Å²) >= 11 is 0. The molecule has 4 aromatic rings. The van der Waals surface area contributed by atoms with Crippen LogP contribution in [0.3, 0.4) is 0 Å². The zero-order chi connectivity index (χ0) is 28.7. The normalized spacial score (nSPS) is 11.7. The van der Waals surface area contributed by atoms with Crippen molar-refractivity contribution in [3.05, 3.63) is 101 Å². The molecule has 210 valence electrons. The summed E-state index contributed by atoms with van der Waals surface area (Å²) in [5, 5.41) is 6.83. The van der Waals surface area contributed by atoms with E-state index < -0.39 is 15.9 Å². The van der Waals surface area contributed by atoms with Gasteiger partial charge in [-0.25, -0.2) is 8.42 Å². The Balaban J connectivity index is 1.46. The van der Waals surface area contributed by atoms with Gasteiger partial charge in [0.1, 0.15) is 5.75 Å². The number of carbonyl (C=O) groups excluding carboxylic acids is 1. The molecule has 0 fully saturated rings. The van der Waals surface area contributed by atoms with E-state index in [1.54, 1.807) is 31.2 Å². The van der Waals surface area contributed by atoms with Crippen molar-refractivity contribution in [1.29, 1.82) is 0 Å². The van der Waals surface area contributed by atoms with Crippen LogP contribution in [0.2, 0.25) is 0 Å². The average Bonchev–Trinajstić information content (AvgIpc) is 3.41. The standard InChI is InChI=1S/C30H34N4O5S/c1-21(2)30-32-28(33-39-30)19-24-10-12-25(13-11-24)31-29(35)20-34(17-16-23-8-6-5-7-9-23)40(36,37)26-14-15-27(38-4)22(3)18-26/h5-15,18,21H,16-17,19-20H2,1-4H3,(H,31,35). The monoisotopic (exact) mass is 562 g/mol. The second kappa shape index (κ2) is 12.9. The fourth-order valence-corrected chi connectivity index (χ4v) is 5.65. The van der Waals surface area contributed by atoms with Gasteiger partial charge in [0, 0.05) is 24.6 Å². The molecular formula is C30H34N4O5S. The van der Waals surface area contributed by atoms with Gasteiger partial charge >= 0.3 is 0 Å². The van der Waals surface area contributed by atoms with Crippen molar-refractivity contribution in [2.45, 2.75) is 44.4 Å². The van der Waals surface area contributed by atoms with Crippen LogP contribution < -0.4 is 10.1 Å². The molecule has 0 saturated carbocycles. The van der Waals surface area contributed by atoms with Crippen molar-refractivity contribution in [1.82, 2.24) is 14.4 Å². The Morgan fingerprint density at radius 1 is 1.02 bits per heavy atom. The van der Waals surface area contributed by atoms with Crippen LogP contribution in [0.1, 0.15) is 48.2 Å². The average molecular weight is 563 g/mol. The molecule has 3 aromatic carbocycles. The van der Waals surface area contributed by atoms with E-state index in [-0.39, 0.29) is 23.9 Å². The van der Waals surface area contributed by atoms with Crippen LogP contribution in [0.25, 0.3) is 0 Å². The van der Waals surface area contributed by atoms with E-state index >= 15 is 0 Å². The topological polar surface area (TPSA) is 115 Å². The SMILES string of the molecule is COc1ccc(S(=O)(=O)N(CCc2ccccc2)CC(=O)Nc2ccc(Cc3noc(C(C)C)n3)cc2)cc1C. The van der Waals surface area contributed by atoms with E-state index in [2.05, 4.69) is 15.5 Å². The fraction of sp³-hybridized carbons (Fsp3) is 0.300. The molecule has 0 aliphatic heterocycles. The van der Waals surface area contributed by atoms with Gasteiger partial charge in [0.05, 0.1) is 18.6 Å². The highest BCUT2D eigenvalue weighted by Crippen LogP contribution is 2.24.